The lowest BCUT2D eigenvalue weighted by Gasteiger charge is -1.95. The van der Waals surface area contributed by atoms with Crippen molar-refractivity contribution in [1.82, 2.24) is 0 Å². The molecule has 0 aromatic heterocycles. The first-order valence-electron chi connectivity index (χ1n) is 3.62. The van der Waals surface area contributed by atoms with Crippen LogP contribution in [-0.4, -0.2) is 5.33 Å². The lowest BCUT2D eigenvalue weighted by atomic mass is 10.2. The molecule has 0 unspecified atom stereocenters. The van der Waals surface area contributed by atoms with E-state index in [1.165, 1.54) is 19.3 Å². The van der Waals surface area contributed by atoms with E-state index in [1.807, 2.05) is 0 Å². The summed E-state index contributed by atoms with van der Waals surface area (Å²) in [4.78, 5) is 0. The van der Waals surface area contributed by atoms with Gasteiger partial charge in [0, 0.05) is 5.33 Å². The van der Waals surface area contributed by atoms with Crippen molar-refractivity contribution >= 4 is 15.9 Å². The summed E-state index contributed by atoms with van der Waals surface area (Å²) in [7, 11) is 0. The predicted molar refractivity (Wildman–Crippen MR) is 44.9 cm³/mol. The molecule has 0 aromatic carbocycles. The molecule has 1 aliphatic rings. The molecule has 1 saturated carbocycles. The van der Waals surface area contributed by atoms with Gasteiger partial charge >= 0.3 is 0 Å². The normalized spacial score (nSPS) is 20.4. The van der Waals surface area contributed by atoms with Crippen molar-refractivity contribution in [2.75, 3.05) is 5.33 Å². The third-order valence-corrected chi connectivity index (χ3v) is 2.44. The summed E-state index contributed by atoms with van der Waals surface area (Å²) >= 11 is 3.46. The second kappa shape index (κ2) is 3.40. The highest BCUT2D eigenvalue weighted by atomic mass is 79.9. The van der Waals surface area contributed by atoms with Crippen LogP contribution in [0, 0.1) is 5.92 Å². The quantitative estimate of drug-likeness (QED) is 0.472. The van der Waals surface area contributed by atoms with E-state index in [2.05, 4.69) is 28.9 Å². The van der Waals surface area contributed by atoms with Gasteiger partial charge in [-0.3, -0.25) is 0 Å². The number of hydrogen-bond acceptors (Lipinski definition) is 0. The molecule has 1 rings (SSSR count). The van der Waals surface area contributed by atoms with Crippen molar-refractivity contribution < 1.29 is 0 Å². The minimum atomic E-state index is 0.942. The third-order valence-electron chi connectivity index (χ3n) is 1.72. The average Bonchev–Trinajstić information content (AvgIpc) is 2.66. The molecule has 1 heteroatoms. The molecule has 0 heterocycles. The van der Waals surface area contributed by atoms with Gasteiger partial charge in [0.2, 0.25) is 0 Å². The van der Waals surface area contributed by atoms with Crippen LogP contribution in [0.25, 0.3) is 0 Å². The lowest BCUT2D eigenvalue weighted by Crippen LogP contribution is -1.81. The van der Waals surface area contributed by atoms with E-state index in [-0.39, 0.29) is 0 Å². The number of allylic oxidation sites excluding steroid dienone is 2. The van der Waals surface area contributed by atoms with E-state index >= 15 is 0 Å². The Bertz CT molecular complexity index is 106. The molecule has 0 nitrogen and oxygen atoms in total. The van der Waals surface area contributed by atoms with Crippen molar-refractivity contribution in [2.45, 2.75) is 26.2 Å². The largest absolute Gasteiger partial charge is 0.0880 e. The maximum absolute atomic E-state index is 3.46. The Morgan fingerprint density at radius 1 is 1.67 bits per heavy atom. The maximum atomic E-state index is 3.46. The summed E-state index contributed by atoms with van der Waals surface area (Å²) in [6.07, 6.45) is 6.49. The van der Waals surface area contributed by atoms with Gasteiger partial charge < -0.3 is 0 Å². The topological polar surface area (TPSA) is 0 Å². The van der Waals surface area contributed by atoms with Crippen molar-refractivity contribution in [2.24, 2.45) is 5.92 Å². The smallest absolute Gasteiger partial charge is 0.0241 e. The first kappa shape index (κ1) is 7.33. The summed E-state index contributed by atoms with van der Waals surface area (Å²) in [5, 5.41) is 1.07. The van der Waals surface area contributed by atoms with Gasteiger partial charge in [-0.25, -0.2) is 0 Å². The first-order valence-corrected chi connectivity index (χ1v) is 4.74. The third kappa shape index (κ3) is 2.53. The second-order valence-electron chi connectivity index (χ2n) is 2.65. The van der Waals surface area contributed by atoms with Crippen LogP contribution >= 0.6 is 15.9 Å². The molecule has 1 fully saturated rings. The molecule has 0 aliphatic heterocycles. The van der Waals surface area contributed by atoms with Crippen molar-refractivity contribution in [1.29, 1.82) is 0 Å². The second-order valence-corrected chi connectivity index (χ2v) is 3.21. The van der Waals surface area contributed by atoms with Crippen LogP contribution in [0.15, 0.2) is 11.6 Å². The Kier molecular flexibility index (Phi) is 2.77. The SMILES string of the molecule is CCC(=CC1CC1)CBr. The molecular formula is C8H13Br. The number of hydrogen-bond donors (Lipinski definition) is 0. The molecule has 0 aromatic rings. The highest BCUT2D eigenvalue weighted by molar-refractivity contribution is 9.09. The zero-order chi connectivity index (χ0) is 6.69. The van der Waals surface area contributed by atoms with Gasteiger partial charge in [-0.1, -0.05) is 34.5 Å². The van der Waals surface area contributed by atoms with Gasteiger partial charge in [-0.05, 0) is 25.2 Å². The van der Waals surface area contributed by atoms with Crippen molar-refractivity contribution in [3.63, 3.8) is 0 Å². The monoisotopic (exact) mass is 188 g/mol. The van der Waals surface area contributed by atoms with Crippen molar-refractivity contribution in [3.05, 3.63) is 11.6 Å². The molecule has 0 radical (unpaired) electrons. The Morgan fingerprint density at radius 2 is 2.33 bits per heavy atom. The summed E-state index contributed by atoms with van der Waals surface area (Å²) in [5.74, 6) is 0.942. The Labute approximate surface area is 65.5 Å². The minimum absolute atomic E-state index is 0.942. The van der Waals surface area contributed by atoms with E-state index in [1.54, 1.807) is 5.57 Å². The molecule has 0 amide bonds. The molecule has 52 valence electrons. The van der Waals surface area contributed by atoms with Crippen LogP contribution in [0.1, 0.15) is 26.2 Å². The Morgan fingerprint density at radius 3 is 2.67 bits per heavy atom. The minimum Gasteiger partial charge on any atom is -0.0880 e. The van der Waals surface area contributed by atoms with Gasteiger partial charge in [0.1, 0.15) is 0 Å². The van der Waals surface area contributed by atoms with E-state index in [0.717, 1.165) is 11.2 Å². The zero-order valence-corrected chi connectivity index (χ0v) is 7.45. The van der Waals surface area contributed by atoms with E-state index < -0.39 is 0 Å². The average molecular weight is 189 g/mol. The molecule has 0 N–H and O–H groups in total. The summed E-state index contributed by atoms with van der Waals surface area (Å²) in [6, 6.07) is 0. The predicted octanol–water partition coefficient (Wildman–Crippen LogP) is 3.13. The number of rotatable bonds is 3. The summed E-state index contributed by atoms with van der Waals surface area (Å²) in [5.41, 5.74) is 1.57. The van der Waals surface area contributed by atoms with Gasteiger partial charge in [0.15, 0.2) is 0 Å². The molecule has 0 saturated heterocycles. The number of halogens is 1. The molecular weight excluding hydrogens is 176 g/mol. The number of alkyl halides is 1. The maximum Gasteiger partial charge on any atom is 0.0241 e. The Balaban J connectivity index is 2.32. The van der Waals surface area contributed by atoms with Gasteiger partial charge in [0.05, 0.1) is 0 Å². The molecule has 1 aliphatic carbocycles. The summed E-state index contributed by atoms with van der Waals surface area (Å²) in [6.45, 7) is 2.22. The lowest BCUT2D eigenvalue weighted by molar-refractivity contribution is 1.03. The van der Waals surface area contributed by atoms with Crippen LogP contribution in [0.3, 0.4) is 0 Å². The van der Waals surface area contributed by atoms with Crippen molar-refractivity contribution in [3.8, 4) is 0 Å². The molecule has 9 heavy (non-hydrogen) atoms. The van der Waals surface area contributed by atoms with Crippen LogP contribution in [0.5, 0.6) is 0 Å². The highest BCUT2D eigenvalue weighted by Gasteiger charge is 2.18. The van der Waals surface area contributed by atoms with Crippen LogP contribution in [0.4, 0.5) is 0 Å². The fourth-order valence-corrected chi connectivity index (χ4v) is 1.44. The molecule has 0 bridgehead atoms. The Hall–Kier alpha value is 0.220. The standard InChI is InChI=1S/C8H13Br/c1-2-7(6-9)5-8-3-4-8/h5,8H,2-4,6H2,1H3. The van der Waals surface area contributed by atoms with Crippen LogP contribution in [-0.2, 0) is 0 Å². The summed E-state index contributed by atoms with van der Waals surface area (Å²) < 4.78 is 0. The van der Waals surface area contributed by atoms with Gasteiger partial charge in [-0.2, -0.15) is 0 Å². The highest BCUT2D eigenvalue weighted by Crippen LogP contribution is 2.31. The van der Waals surface area contributed by atoms with Gasteiger partial charge in [0.25, 0.3) is 0 Å². The van der Waals surface area contributed by atoms with Gasteiger partial charge in [-0.15, -0.1) is 0 Å². The van der Waals surface area contributed by atoms with E-state index in [9.17, 15) is 0 Å². The first-order chi connectivity index (χ1) is 4.36. The fraction of sp³-hybridized carbons (Fsp3) is 0.750. The zero-order valence-electron chi connectivity index (χ0n) is 5.86. The van der Waals surface area contributed by atoms with E-state index in [4.69, 9.17) is 0 Å². The fourth-order valence-electron chi connectivity index (χ4n) is 0.853. The molecule has 0 spiro atoms. The van der Waals surface area contributed by atoms with Crippen LogP contribution in [0.2, 0.25) is 0 Å². The molecule has 0 atom stereocenters. The van der Waals surface area contributed by atoms with E-state index in [0.29, 0.717) is 0 Å². The van der Waals surface area contributed by atoms with Crippen LogP contribution < -0.4 is 0 Å².